The smallest absolute Gasteiger partial charge is 0.333 e. The van der Waals surface area contributed by atoms with Gasteiger partial charge in [0.05, 0.1) is 0 Å². The van der Waals surface area contributed by atoms with Gasteiger partial charge in [0.2, 0.25) is 6.79 Å². The summed E-state index contributed by atoms with van der Waals surface area (Å²) in [6.45, 7) is -0.137. The molecule has 0 spiro atoms. The summed E-state index contributed by atoms with van der Waals surface area (Å²) in [5.41, 5.74) is 7.14. The molecule has 20 heavy (non-hydrogen) atoms. The first-order chi connectivity index (χ1) is 9.74. The first kappa shape index (κ1) is 13.7. The van der Waals surface area contributed by atoms with Crippen molar-refractivity contribution in [3.05, 3.63) is 66.2 Å². The molecule has 0 aromatic heterocycles. The molecule has 2 aromatic rings. The minimum Gasteiger partial charge on any atom is -0.457 e. The van der Waals surface area contributed by atoms with Gasteiger partial charge in [-0.1, -0.05) is 30.3 Å². The van der Waals surface area contributed by atoms with E-state index >= 15 is 0 Å². The number of ether oxygens (including phenoxy) is 2. The number of esters is 1. The number of hydrogen-bond acceptors (Lipinski definition) is 4. The summed E-state index contributed by atoms with van der Waals surface area (Å²) in [5.74, 6) is 0.142. The summed E-state index contributed by atoms with van der Waals surface area (Å²) in [7, 11) is 0. The zero-order valence-electron chi connectivity index (χ0n) is 10.9. The fraction of sp³-hybridized carbons (Fsp3) is 0.0625. The molecule has 0 amide bonds. The number of anilines is 1. The lowest BCUT2D eigenvalue weighted by atomic mass is 10.2. The van der Waals surface area contributed by atoms with Crippen LogP contribution in [0.1, 0.15) is 5.56 Å². The maximum atomic E-state index is 11.5. The maximum Gasteiger partial charge on any atom is 0.333 e. The first-order valence-electron chi connectivity index (χ1n) is 6.12. The maximum absolute atomic E-state index is 11.5. The van der Waals surface area contributed by atoms with Crippen molar-refractivity contribution in [2.45, 2.75) is 0 Å². The van der Waals surface area contributed by atoms with Crippen molar-refractivity contribution in [2.75, 3.05) is 12.5 Å². The highest BCUT2D eigenvalue weighted by atomic mass is 16.7. The minimum absolute atomic E-state index is 0.137. The van der Waals surface area contributed by atoms with Crippen molar-refractivity contribution in [2.24, 2.45) is 0 Å². The molecule has 2 rings (SSSR count). The second-order valence-corrected chi connectivity index (χ2v) is 4.04. The second-order valence-electron chi connectivity index (χ2n) is 4.04. The van der Waals surface area contributed by atoms with E-state index in [1.54, 1.807) is 30.3 Å². The summed E-state index contributed by atoms with van der Waals surface area (Å²) >= 11 is 0. The predicted octanol–water partition coefficient (Wildman–Crippen LogP) is 2.86. The summed E-state index contributed by atoms with van der Waals surface area (Å²) in [6, 6.07) is 16.4. The molecular weight excluding hydrogens is 254 g/mol. The highest BCUT2D eigenvalue weighted by Crippen LogP contribution is 2.12. The molecule has 4 nitrogen and oxygen atoms in total. The van der Waals surface area contributed by atoms with Crippen LogP contribution >= 0.6 is 0 Å². The van der Waals surface area contributed by atoms with Gasteiger partial charge in [-0.25, -0.2) is 4.79 Å². The SMILES string of the molecule is Nc1ccc(OCOC(=O)/C=C/c2ccccc2)cc1. The van der Waals surface area contributed by atoms with Crippen LogP contribution in [0.15, 0.2) is 60.7 Å². The van der Waals surface area contributed by atoms with Crippen LogP contribution in [0.3, 0.4) is 0 Å². The molecule has 2 N–H and O–H groups in total. The molecule has 0 aliphatic carbocycles. The van der Waals surface area contributed by atoms with Crippen LogP contribution in [-0.2, 0) is 9.53 Å². The van der Waals surface area contributed by atoms with Crippen molar-refractivity contribution in [3.8, 4) is 5.75 Å². The fourth-order valence-corrected chi connectivity index (χ4v) is 1.50. The molecule has 0 unspecified atom stereocenters. The Morgan fingerprint density at radius 3 is 2.45 bits per heavy atom. The third-order valence-electron chi connectivity index (χ3n) is 2.52. The zero-order valence-corrected chi connectivity index (χ0v) is 10.9. The Balaban J connectivity index is 1.75. The monoisotopic (exact) mass is 269 g/mol. The summed E-state index contributed by atoms with van der Waals surface area (Å²) in [4.78, 5) is 11.5. The van der Waals surface area contributed by atoms with E-state index in [0.29, 0.717) is 11.4 Å². The molecule has 0 radical (unpaired) electrons. The van der Waals surface area contributed by atoms with E-state index in [0.717, 1.165) is 5.56 Å². The van der Waals surface area contributed by atoms with Gasteiger partial charge in [-0.3, -0.25) is 0 Å². The molecule has 2 aromatic carbocycles. The number of hydrogen-bond donors (Lipinski definition) is 1. The largest absolute Gasteiger partial charge is 0.457 e. The lowest BCUT2D eigenvalue weighted by Crippen LogP contribution is -2.07. The number of carbonyl (C=O) groups is 1. The number of nitrogens with two attached hydrogens (primary N) is 1. The molecule has 0 bridgehead atoms. The molecule has 0 atom stereocenters. The van der Waals surface area contributed by atoms with E-state index in [9.17, 15) is 4.79 Å². The Kier molecular flexibility index (Phi) is 4.78. The Hall–Kier alpha value is -2.75. The fourth-order valence-electron chi connectivity index (χ4n) is 1.50. The molecule has 0 saturated heterocycles. The number of benzene rings is 2. The van der Waals surface area contributed by atoms with E-state index in [-0.39, 0.29) is 6.79 Å². The molecule has 0 heterocycles. The quantitative estimate of drug-likeness (QED) is 0.392. The van der Waals surface area contributed by atoms with Gasteiger partial charge in [0.15, 0.2) is 0 Å². The van der Waals surface area contributed by atoms with Gasteiger partial charge in [-0.15, -0.1) is 0 Å². The van der Waals surface area contributed by atoms with Crippen molar-refractivity contribution in [1.82, 2.24) is 0 Å². The van der Waals surface area contributed by atoms with E-state index in [1.165, 1.54) is 6.08 Å². The topological polar surface area (TPSA) is 61.6 Å². The van der Waals surface area contributed by atoms with Gasteiger partial charge in [-0.2, -0.15) is 0 Å². The lowest BCUT2D eigenvalue weighted by molar-refractivity contribution is -0.144. The van der Waals surface area contributed by atoms with Crippen LogP contribution in [0.4, 0.5) is 5.69 Å². The average molecular weight is 269 g/mol. The molecule has 0 fully saturated rings. The third-order valence-corrected chi connectivity index (χ3v) is 2.52. The highest BCUT2D eigenvalue weighted by Gasteiger charge is 1.98. The van der Waals surface area contributed by atoms with Crippen LogP contribution in [0, 0.1) is 0 Å². The Morgan fingerprint density at radius 2 is 1.75 bits per heavy atom. The second kappa shape index (κ2) is 6.99. The van der Waals surface area contributed by atoms with E-state index in [4.69, 9.17) is 15.2 Å². The van der Waals surface area contributed by atoms with Gasteiger partial charge in [-0.05, 0) is 35.9 Å². The summed E-state index contributed by atoms with van der Waals surface area (Å²) < 4.78 is 10.2. The average Bonchev–Trinajstić information content (AvgIpc) is 2.48. The van der Waals surface area contributed by atoms with Crippen LogP contribution in [-0.4, -0.2) is 12.8 Å². The molecule has 102 valence electrons. The Labute approximate surface area is 117 Å². The highest BCUT2D eigenvalue weighted by molar-refractivity contribution is 5.86. The zero-order chi connectivity index (χ0) is 14.2. The number of rotatable bonds is 5. The van der Waals surface area contributed by atoms with Gasteiger partial charge >= 0.3 is 5.97 Å². The van der Waals surface area contributed by atoms with E-state index in [2.05, 4.69) is 0 Å². The van der Waals surface area contributed by atoms with E-state index in [1.807, 2.05) is 30.3 Å². The number of nitrogen functional groups attached to an aromatic ring is 1. The minimum atomic E-state index is -0.454. The van der Waals surface area contributed by atoms with Gasteiger partial charge in [0.25, 0.3) is 0 Å². The molecular formula is C16H15NO3. The summed E-state index contributed by atoms with van der Waals surface area (Å²) in [5, 5.41) is 0. The Morgan fingerprint density at radius 1 is 1.05 bits per heavy atom. The van der Waals surface area contributed by atoms with Crippen LogP contribution < -0.4 is 10.5 Å². The first-order valence-corrected chi connectivity index (χ1v) is 6.12. The van der Waals surface area contributed by atoms with Gasteiger partial charge in [0.1, 0.15) is 5.75 Å². The van der Waals surface area contributed by atoms with Crippen molar-refractivity contribution < 1.29 is 14.3 Å². The predicted molar refractivity (Wildman–Crippen MR) is 77.9 cm³/mol. The molecule has 0 aliphatic heterocycles. The van der Waals surface area contributed by atoms with Crippen molar-refractivity contribution in [1.29, 1.82) is 0 Å². The van der Waals surface area contributed by atoms with Crippen LogP contribution in [0.5, 0.6) is 5.75 Å². The Bertz CT molecular complexity index is 576. The van der Waals surface area contributed by atoms with Crippen molar-refractivity contribution >= 4 is 17.7 Å². The van der Waals surface area contributed by atoms with Crippen LogP contribution in [0.2, 0.25) is 0 Å². The molecule has 0 aliphatic rings. The summed E-state index contributed by atoms with van der Waals surface area (Å²) in [6.07, 6.45) is 3.05. The van der Waals surface area contributed by atoms with Crippen LogP contribution in [0.25, 0.3) is 6.08 Å². The number of carbonyl (C=O) groups excluding carboxylic acids is 1. The van der Waals surface area contributed by atoms with E-state index < -0.39 is 5.97 Å². The lowest BCUT2D eigenvalue weighted by Gasteiger charge is -2.05. The van der Waals surface area contributed by atoms with Crippen molar-refractivity contribution in [3.63, 3.8) is 0 Å². The normalized spacial score (nSPS) is 10.4. The third kappa shape index (κ3) is 4.49. The standard InChI is InChI=1S/C16H15NO3/c17-14-7-9-15(10-8-14)19-12-20-16(18)11-6-13-4-2-1-3-5-13/h1-11H,12,17H2/b11-6+. The molecule has 0 saturated carbocycles. The van der Waals surface area contributed by atoms with Gasteiger partial charge in [0, 0.05) is 11.8 Å². The molecule has 4 heteroatoms. The van der Waals surface area contributed by atoms with Gasteiger partial charge < -0.3 is 15.2 Å².